The SMILES string of the molecule is CCC1Cc2cc(CC(=O)O)ccc2O1. The Balaban J connectivity index is 2.18. The van der Waals surface area contributed by atoms with Crippen molar-refractivity contribution in [3.63, 3.8) is 0 Å². The van der Waals surface area contributed by atoms with E-state index in [4.69, 9.17) is 9.84 Å². The van der Waals surface area contributed by atoms with Crippen LogP contribution < -0.4 is 4.74 Å². The Morgan fingerprint density at radius 2 is 2.40 bits per heavy atom. The van der Waals surface area contributed by atoms with E-state index in [9.17, 15) is 4.79 Å². The number of carboxylic acid groups (broad SMARTS) is 1. The minimum Gasteiger partial charge on any atom is -0.490 e. The van der Waals surface area contributed by atoms with Crippen LogP contribution >= 0.6 is 0 Å². The van der Waals surface area contributed by atoms with Gasteiger partial charge in [-0.15, -0.1) is 0 Å². The number of hydrogen-bond donors (Lipinski definition) is 1. The van der Waals surface area contributed by atoms with Crippen molar-refractivity contribution in [1.29, 1.82) is 0 Å². The summed E-state index contributed by atoms with van der Waals surface area (Å²) in [6, 6.07) is 5.65. The monoisotopic (exact) mass is 206 g/mol. The Kier molecular flexibility index (Phi) is 2.62. The van der Waals surface area contributed by atoms with E-state index in [1.807, 2.05) is 18.2 Å². The second-order valence-corrected chi connectivity index (χ2v) is 3.86. The number of rotatable bonds is 3. The minimum atomic E-state index is -0.791. The predicted molar refractivity (Wildman–Crippen MR) is 56.2 cm³/mol. The maximum absolute atomic E-state index is 10.6. The van der Waals surface area contributed by atoms with Crippen LogP contribution in [-0.4, -0.2) is 17.2 Å². The van der Waals surface area contributed by atoms with E-state index in [2.05, 4.69) is 6.92 Å². The molecule has 80 valence electrons. The molecule has 0 bridgehead atoms. The lowest BCUT2D eigenvalue weighted by Gasteiger charge is -2.05. The zero-order valence-corrected chi connectivity index (χ0v) is 8.69. The maximum atomic E-state index is 10.6. The Hall–Kier alpha value is -1.51. The summed E-state index contributed by atoms with van der Waals surface area (Å²) in [5.74, 6) is 0.122. The molecule has 0 aliphatic carbocycles. The molecule has 0 saturated carbocycles. The average Bonchev–Trinajstić information content (AvgIpc) is 2.58. The van der Waals surface area contributed by atoms with E-state index in [1.54, 1.807) is 0 Å². The number of aliphatic carboxylic acids is 1. The van der Waals surface area contributed by atoms with Gasteiger partial charge in [0.1, 0.15) is 11.9 Å². The molecule has 1 aromatic rings. The van der Waals surface area contributed by atoms with Crippen molar-refractivity contribution in [3.05, 3.63) is 29.3 Å². The minimum absolute atomic E-state index is 0.0874. The molecule has 1 aromatic carbocycles. The van der Waals surface area contributed by atoms with Gasteiger partial charge in [-0.05, 0) is 23.6 Å². The van der Waals surface area contributed by atoms with Crippen LogP contribution in [0.2, 0.25) is 0 Å². The van der Waals surface area contributed by atoms with Crippen LogP contribution in [0.15, 0.2) is 18.2 Å². The van der Waals surface area contributed by atoms with Crippen LogP contribution in [0.4, 0.5) is 0 Å². The topological polar surface area (TPSA) is 46.5 Å². The molecule has 0 radical (unpaired) electrons. The molecule has 15 heavy (non-hydrogen) atoms. The van der Waals surface area contributed by atoms with Crippen LogP contribution in [0.25, 0.3) is 0 Å². The van der Waals surface area contributed by atoms with Gasteiger partial charge >= 0.3 is 5.97 Å². The summed E-state index contributed by atoms with van der Waals surface area (Å²) in [6.45, 7) is 2.09. The number of carboxylic acids is 1. The maximum Gasteiger partial charge on any atom is 0.307 e. The van der Waals surface area contributed by atoms with Crippen molar-refractivity contribution in [1.82, 2.24) is 0 Å². The molecule has 1 heterocycles. The van der Waals surface area contributed by atoms with Crippen LogP contribution in [0.5, 0.6) is 5.75 Å². The summed E-state index contributed by atoms with van der Waals surface area (Å²) in [7, 11) is 0. The van der Waals surface area contributed by atoms with Crippen LogP contribution in [0.1, 0.15) is 24.5 Å². The first-order valence-electron chi connectivity index (χ1n) is 5.19. The smallest absolute Gasteiger partial charge is 0.307 e. The summed E-state index contributed by atoms with van der Waals surface area (Å²) >= 11 is 0. The molecule has 0 saturated heterocycles. The molecule has 0 amide bonds. The van der Waals surface area contributed by atoms with E-state index >= 15 is 0 Å². The number of ether oxygens (including phenoxy) is 1. The van der Waals surface area contributed by atoms with Crippen LogP contribution in [0.3, 0.4) is 0 Å². The van der Waals surface area contributed by atoms with Crippen molar-refractivity contribution in [2.45, 2.75) is 32.3 Å². The number of fused-ring (bicyclic) bond motifs is 1. The van der Waals surface area contributed by atoms with Gasteiger partial charge in [0, 0.05) is 6.42 Å². The molecule has 3 heteroatoms. The van der Waals surface area contributed by atoms with E-state index in [-0.39, 0.29) is 12.5 Å². The third-order valence-electron chi connectivity index (χ3n) is 2.68. The van der Waals surface area contributed by atoms with Gasteiger partial charge in [-0.1, -0.05) is 19.1 Å². The lowest BCUT2D eigenvalue weighted by atomic mass is 10.0. The molecule has 1 aliphatic rings. The fourth-order valence-corrected chi connectivity index (χ4v) is 1.89. The summed E-state index contributed by atoms with van der Waals surface area (Å²) in [5, 5.41) is 8.68. The summed E-state index contributed by atoms with van der Waals surface area (Å²) in [6.07, 6.45) is 2.24. The highest BCUT2D eigenvalue weighted by molar-refractivity contribution is 5.70. The fraction of sp³-hybridized carbons (Fsp3) is 0.417. The van der Waals surface area contributed by atoms with Gasteiger partial charge in [0.05, 0.1) is 6.42 Å². The second-order valence-electron chi connectivity index (χ2n) is 3.86. The third kappa shape index (κ3) is 2.12. The Morgan fingerprint density at radius 1 is 1.60 bits per heavy atom. The molecular weight excluding hydrogens is 192 g/mol. The van der Waals surface area contributed by atoms with Gasteiger partial charge in [0.15, 0.2) is 0 Å². The van der Waals surface area contributed by atoms with E-state index in [1.165, 1.54) is 0 Å². The Morgan fingerprint density at radius 3 is 3.07 bits per heavy atom. The summed E-state index contributed by atoms with van der Waals surface area (Å²) in [4.78, 5) is 10.6. The quantitative estimate of drug-likeness (QED) is 0.823. The molecule has 0 aromatic heterocycles. The van der Waals surface area contributed by atoms with Crippen molar-refractivity contribution in [2.24, 2.45) is 0 Å². The fourth-order valence-electron chi connectivity index (χ4n) is 1.89. The second kappa shape index (κ2) is 3.93. The molecule has 0 spiro atoms. The first kappa shape index (κ1) is 10.0. The largest absolute Gasteiger partial charge is 0.490 e. The van der Waals surface area contributed by atoms with Gasteiger partial charge in [-0.25, -0.2) is 0 Å². The summed E-state index contributed by atoms with van der Waals surface area (Å²) < 4.78 is 5.67. The molecule has 1 atom stereocenters. The zero-order chi connectivity index (χ0) is 10.8. The van der Waals surface area contributed by atoms with Crippen molar-refractivity contribution < 1.29 is 14.6 Å². The van der Waals surface area contributed by atoms with Gasteiger partial charge in [-0.2, -0.15) is 0 Å². The highest BCUT2D eigenvalue weighted by Crippen LogP contribution is 2.30. The van der Waals surface area contributed by atoms with E-state index in [0.717, 1.165) is 29.7 Å². The first-order valence-corrected chi connectivity index (χ1v) is 5.19. The van der Waals surface area contributed by atoms with Crippen molar-refractivity contribution in [2.75, 3.05) is 0 Å². The molecule has 0 fully saturated rings. The molecule has 3 nitrogen and oxygen atoms in total. The Labute approximate surface area is 88.7 Å². The van der Waals surface area contributed by atoms with Crippen LogP contribution in [0, 0.1) is 0 Å². The van der Waals surface area contributed by atoms with E-state index in [0.29, 0.717) is 0 Å². The Bertz CT molecular complexity index is 384. The lowest BCUT2D eigenvalue weighted by molar-refractivity contribution is -0.136. The number of benzene rings is 1. The van der Waals surface area contributed by atoms with Gasteiger partial charge < -0.3 is 9.84 Å². The first-order chi connectivity index (χ1) is 7.19. The van der Waals surface area contributed by atoms with Gasteiger partial charge in [-0.3, -0.25) is 4.79 Å². The van der Waals surface area contributed by atoms with Crippen LogP contribution in [-0.2, 0) is 17.6 Å². The lowest BCUT2D eigenvalue weighted by Crippen LogP contribution is -2.10. The normalized spacial score (nSPS) is 18.3. The van der Waals surface area contributed by atoms with Crippen molar-refractivity contribution >= 4 is 5.97 Å². The number of hydrogen-bond acceptors (Lipinski definition) is 2. The molecular formula is C12H14O3. The standard InChI is InChI=1S/C12H14O3/c1-2-10-7-9-5-8(6-12(13)14)3-4-11(9)15-10/h3-5,10H,2,6-7H2,1H3,(H,13,14). The average molecular weight is 206 g/mol. The molecule has 1 unspecified atom stereocenters. The van der Waals surface area contributed by atoms with Gasteiger partial charge in [0.25, 0.3) is 0 Å². The zero-order valence-electron chi connectivity index (χ0n) is 8.69. The van der Waals surface area contributed by atoms with Gasteiger partial charge in [0.2, 0.25) is 0 Å². The third-order valence-corrected chi connectivity index (χ3v) is 2.68. The summed E-state index contributed by atoms with van der Waals surface area (Å²) in [5.41, 5.74) is 1.99. The highest BCUT2D eigenvalue weighted by Gasteiger charge is 2.21. The molecule has 1 aliphatic heterocycles. The molecule has 1 N–H and O–H groups in total. The molecule has 2 rings (SSSR count). The van der Waals surface area contributed by atoms with Crippen molar-refractivity contribution in [3.8, 4) is 5.75 Å². The number of carbonyl (C=O) groups is 1. The van der Waals surface area contributed by atoms with E-state index < -0.39 is 5.97 Å². The predicted octanol–water partition coefficient (Wildman–Crippen LogP) is 2.03. The highest BCUT2D eigenvalue weighted by atomic mass is 16.5.